The molecule has 2 N–H and O–H groups in total. The van der Waals surface area contributed by atoms with Crippen molar-refractivity contribution in [2.45, 2.75) is 53.0 Å². The first-order chi connectivity index (χ1) is 5.06. The summed E-state index contributed by atoms with van der Waals surface area (Å²) >= 11 is 0. The van der Waals surface area contributed by atoms with Crippen molar-refractivity contribution in [3.05, 3.63) is 0 Å². The Morgan fingerprint density at radius 1 is 1.00 bits per heavy atom. The van der Waals surface area contributed by atoms with Crippen molar-refractivity contribution in [2.75, 3.05) is 0 Å². The number of hydrogen-bond acceptors (Lipinski definition) is 1. The van der Waals surface area contributed by atoms with E-state index < -0.39 is 0 Å². The van der Waals surface area contributed by atoms with E-state index in [4.69, 9.17) is 5.73 Å². The highest BCUT2D eigenvalue weighted by Gasteiger charge is 2.08. The van der Waals surface area contributed by atoms with Gasteiger partial charge in [-0.15, -0.1) is 0 Å². The topological polar surface area (TPSA) is 26.0 Å². The molecule has 0 amide bonds. The van der Waals surface area contributed by atoms with Gasteiger partial charge in [-0.05, 0) is 31.6 Å². The highest BCUT2D eigenvalue weighted by atomic mass is 14.6. The molecule has 0 aromatic heterocycles. The molecule has 0 bridgehead atoms. The van der Waals surface area contributed by atoms with Crippen LogP contribution in [0, 0.1) is 11.8 Å². The maximum Gasteiger partial charge on any atom is 0.00130 e. The van der Waals surface area contributed by atoms with E-state index in [-0.39, 0.29) is 0 Å². The van der Waals surface area contributed by atoms with Gasteiger partial charge in [0.25, 0.3) is 0 Å². The molecular formula is C10H23N. The summed E-state index contributed by atoms with van der Waals surface area (Å²) in [5.74, 6) is 1.66. The Hall–Kier alpha value is -0.0400. The van der Waals surface area contributed by atoms with Crippen LogP contribution in [-0.4, -0.2) is 6.04 Å². The zero-order valence-corrected chi connectivity index (χ0v) is 8.43. The third-order valence-corrected chi connectivity index (χ3v) is 2.28. The Labute approximate surface area is 71.4 Å². The zero-order chi connectivity index (χ0) is 8.85. The van der Waals surface area contributed by atoms with E-state index >= 15 is 0 Å². The monoisotopic (exact) mass is 157 g/mol. The van der Waals surface area contributed by atoms with Gasteiger partial charge in [-0.2, -0.15) is 0 Å². The van der Waals surface area contributed by atoms with Gasteiger partial charge in [0.15, 0.2) is 0 Å². The molecule has 0 aromatic carbocycles. The highest BCUT2D eigenvalue weighted by molar-refractivity contribution is 4.63. The zero-order valence-electron chi connectivity index (χ0n) is 8.43. The molecule has 0 radical (unpaired) electrons. The van der Waals surface area contributed by atoms with Crippen molar-refractivity contribution < 1.29 is 0 Å². The SMILES string of the molecule is CCC(C)CC(C)CC(C)N. The normalized spacial score (nSPS) is 19.4. The van der Waals surface area contributed by atoms with Crippen LogP contribution in [-0.2, 0) is 0 Å². The summed E-state index contributed by atoms with van der Waals surface area (Å²) in [6.45, 7) is 8.96. The molecule has 0 heterocycles. The van der Waals surface area contributed by atoms with Gasteiger partial charge in [-0.1, -0.05) is 27.2 Å². The van der Waals surface area contributed by atoms with Crippen LogP contribution >= 0.6 is 0 Å². The molecule has 0 saturated carbocycles. The first kappa shape index (κ1) is 11.0. The predicted molar refractivity (Wildman–Crippen MR) is 51.5 cm³/mol. The molecule has 0 saturated heterocycles. The molecule has 11 heavy (non-hydrogen) atoms. The molecule has 0 aliphatic rings. The van der Waals surface area contributed by atoms with Crippen molar-refractivity contribution >= 4 is 0 Å². The lowest BCUT2D eigenvalue weighted by molar-refractivity contribution is 0.369. The Bertz CT molecular complexity index is 88.9. The number of hydrogen-bond donors (Lipinski definition) is 1. The summed E-state index contributed by atoms with van der Waals surface area (Å²) in [6, 6.07) is 0.369. The Kier molecular flexibility index (Phi) is 5.57. The largest absolute Gasteiger partial charge is 0.328 e. The van der Waals surface area contributed by atoms with Crippen LogP contribution in [0.25, 0.3) is 0 Å². The maximum atomic E-state index is 5.71. The minimum atomic E-state index is 0.369. The molecule has 0 aliphatic carbocycles. The predicted octanol–water partition coefficient (Wildman–Crippen LogP) is 2.80. The molecule has 0 rings (SSSR count). The average Bonchev–Trinajstić information content (AvgIpc) is 1.85. The van der Waals surface area contributed by atoms with Crippen LogP contribution < -0.4 is 5.73 Å². The molecule has 0 spiro atoms. The van der Waals surface area contributed by atoms with Crippen molar-refractivity contribution in [3.8, 4) is 0 Å². The molecule has 1 nitrogen and oxygen atoms in total. The first-order valence-corrected chi connectivity index (χ1v) is 4.81. The van der Waals surface area contributed by atoms with E-state index in [1.807, 2.05) is 0 Å². The van der Waals surface area contributed by atoms with Gasteiger partial charge in [0.1, 0.15) is 0 Å². The average molecular weight is 157 g/mol. The second-order valence-electron chi connectivity index (χ2n) is 4.07. The van der Waals surface area contributed by atoms with Gasteiger partial charge >= 0.3 is 0 Å². The van der Waals surface area contributed by atoms with Gasteiger partial charge in [-0.25, -0.2) is 0 Å². The number of nitrogens with two attached hydrogens (primary N) is 1. The standard InChI is InChI=1S/C10H23N/c1-5-8(2)6-9(3)7-10(4)11/h8-10H,5-7,11H2,1-4H3. The molecular weight excluding hydrogens is 134 g/mol. The van der Waals surface area contributed by atoms with Crippen LogP contribution in [0.1, 0.15) is 47.0 Å². The molecule has 0 aromatic rings. The fourth-order valence-electron chi connectivity index (χ4n) is 1.58. The molecule has 1 heteroatoms. The Balaban J connectivity index is 3.43. The minimum Gasteiger partial charge on any atom is -0.328 e. The van der Waals surface area contributed by atoms with Crippen molar-refractivity contribution in [1.29, 1.82) is 0 Å². The second-order valence-corrected chi connectivity index (χ2v) is 4.07. The fourth-order valence-corrected chi connectivity index (χ4v) is 1.58. The maximum absolute atomic E-state index is 5.71. The summed E-state index contributed by atoms with van der Waals surface area (Å²) in [4.78, 5) is 0. The second kappa shape index (κ2) is 5.59. The van der Waals surface area contributed by atoms with E-state index in [0.717, 1.165) is 11.8 Å². The summed E-state index contributed by atoms with van der Waals surface area (Å²) < 4.78 is 0. The summed E-state index contributed by atoms with van der Waals surface area (Å²) in [5, 5.41) is 0. The van der Waals surface area contributed by atoms with Crippen LogP contribution in [0.4, 0.5) is 0 Å². The third kappa shape index (κ3) is 6.36. The summed E-state index contributed by atoms with van der Waals surface area (Å²) in [5.41, 5.74) is 5.71. The number of rotatable bonds is 5. The van der Waals surface area contributed by atoms with Gasteiger partial charge in [-0.3, -0.25) is 0 Å². The van der Waals surface area contributed by atoms with E-state index in [1.165, 1.54) is 19.3 Å². The van der Waals surface area contributed by atoms with Crippen molar-refractivity contribution in [2.24, 2.45) is 17.6 Å². The fraction of sp³-hybridized carbons (Fsp3) is 1.00. The molecule has 3 atom stereocenters. The van der Waals surface area contributed by atoms with Gasteiger partial charge < -0.3 is 5.73 Å². The van der Waals surface area contributed by atoms with Gasteiger partial charge in [0.05, 0.1) is 0 Å². The van der Waals surface area contributed by atoms with E-state index in [0.29, 0.717) is 6.04 Å². The van der Waals surface area contributed by atoms with E-state index in [2.05, 4.69) is 27.7 Å². The molecule has 0 aliphatic heterocycles. The lowest BCUT2D eigenvalue weighted by Crippen LogP contribution is -2.19. The first-order valence-electron chi connectivity index (χ1n) is 4.81. The molecule has 3 unspecified atom stereocenters. The smallest absolute Gasteiger partial charge is 0.00130 e. The van der Waals surface area contributed by atoms with E-state index in [1.54, 1.807) is 0 Å². The van der Waals surface area contributed by atoms with E-state index in [9.17, 15) is 0 Å². The van der Waals surface area contributed by atoms with Crippen LogP contribution in [0.15, 0.2) is 0 Å². The lowest BCUT2D eigenvalue weighted by Gasteiger charge is -2.17. The molecule has 68 valence electrons. The van der Waals surface area contributed by atoms with Crippen LogP contribution in [0.2, 0.25) is 0 Å². The lowest BCUT2D eigenvalue weighted by atomic mass is 9.91. The Morgan fingerprint density at radius 2 is 1.55 bits per heavy atom. The van der Waals surface area contributed by atoms with Crippen LogP contribution in [0.3, 0.4) is 0 Å². The molecule has 0 fully saturated rings. The minimum absolute atomic E-state index is 0.369. The Morgan fingerprint density at radius 3 is 1.91 bits per heavy atom. The van der Waals surface area contributed by atoms with Crippen LogP contribution in [0.5, 0.6) is 0 Å². The highest BCUT2D eigenvalue weighted by Crippen LogP contribution is 2.18. The summed E-state index contributed by atoms with van der Waals surface area (Å²) in [7, 11) is 0. The van der Waals surface area contributed by atoms with Gasteiger partial charge in [0.2, 0.25) is 0 Å². The summed E-state index contributed by atoms with van der Waals surface area (Å²) in [6.07, 6.45) is 3.80. The van der Waals surface area contributed by atoms with Gasteiger partial charge in [0, 0.05) is 6.04 Å². The van der Waals surface area contributed by atoms with Crippen molar-refractivity contribution in [1.82, 2.24) is 0 Å². The third-order valence-electron chi connectivity index (χ3n) is 2.28. The van der Waals surface area contributed by atoms with Crippen molar-refractivity contribution in [3.63, 3.8) is 0 Å². The quantitative estimate of drug-likeness (QED) is 0.652.